The summed E-state index contributed by atoms with van der Waals surface area (Å²) in [5, 5.41) is 3.78. The van der Waals surface area contributed by atoms with Crippen LogP contribution in [0.1, 0.15) is 29.1 Å². The van der Waals surface area contributed by atoms with Crippen LogP contribution in [-0.4, -0.2) is 50.6 Å². The van der Waals surface area contributed by atoms with Gasteiger partial charge in [-0.05, 0) is 31.9 Å². The second-order valence-electron chi connectivity index (χ2n) is 7.17. The van der Waals surface area contributed by atoms with Gasteiger partial charge < -0.3 is 14.2 Å². The van der Waals surface area contributed by atoms with Gasteiger partial charge in [0.2, 0.25) is 10.0 Å². The van der Waals surface area contributed by atoms with Crippen molar-refractivity contribution < 1.29 is 22.5 Å². The molecule has 0 saturated carbocycles. The molecule has 1 saturated heterocycles. The van der Waals surface area contributed by atoms with E-state index in [0.717, 1.165) is 0 Å². The van der Waals surface area contributed by atoms with Crippen LogP contribution in [-0.2, 0) is 10.0 Å². The number of hydrogen-bond donors (Lipinski definition) is 1. The third kappa shape index (κ3) is 3.44. The molecule has 27 heavy (non-hydrogen) atoms. The predicted octanol–water partition coefficient (Wildman–Crippen LogP) is 1.58. The standard InChI is InChI=1S/C18H21N3O5S/c1-13-10-14(20-26-13)17(22)21-8-6-18(7-9-21)11-19-27(23,24)16-5-3-2-4-15(16)25-12-18/h2-5,10,19H,6-9,11-12H2,1H3. The van der Waals surface area contributed by atoms with Crippen LogP contribution < -0.4 is 9.46 Å². The number of aryl methyl sites for hydroxylation is 1. The summed E-state index contributed by atoms with van der Waals surface area (Å²) in [4.78, 5) is 14.4. The molecule has 1 N–H and O–H groups in total. The number of benzene rings is 1. The molecule has 2 aliphatic rings. The topological polar surface area (TPSA) is 102 Å². The van der Waals surface area contributed by atoms with Gasteiger partial charge in [-0.2, -0.15) is 0 Å². The van der Waals surface area contributed by atoms with Crippen LogP contribution in [0.15, 0.2) is 39.8 Å². The van der Waals surface area contributed by atoms with E-state index in [1.165, 1.54) is 6.07 Å². The first-order valence-corrected chi connectivity index (χ1v) is 10.3. The second kappa shape index (κ2) is 6.65. The monoisotopic (exact) mass is 391 g/mol. The van der Waals surface area contributed by atoms with Gasteiger partial charge in [-0.1, -0.05) is 17.3 Å². The molecule has 2 aliphatic heterocycles. The van der Waals surface area contributed by atoms with Crippen LogP contribution >= 0.6 is 0 Å². The summed E-state index contributed by atoms with van der Waals surface area (Å²) < 4.78 is 38.7. The van der Waals surface area contributed by atoms with E-state index in [4.69, 9.17) is 9.26 Å². The molecule has 1 aromatic heterocycles. The molecule has 4 rings (SSSR count). The Hall–Kier alpha value is -2.39. The number of ether oxygens (including phenoxy) is 1. The Morgan fingerprint density at radius 3 is 2.70 bits per heavy atom. The highest BCUT2D eigenvalue weighted by atomic mass is 32.2. The van der Waals surface area contributed by atoms with Crippen LogP contribution in [0.25, 0.3) is 0 Å². The molecule has 144 valence electrons. The highest BCUT2D eigenvalue weighted by Gasteiger charge is 2.40. The van der Waals surface area contributed by atoms with Gasteiger partial charge in [-0.3, -0.25) is 4.79 Å². The molecule has 0 radical (unpaired) electrons. The molecule has 2 aromatic rings. The zero-order valence-electron chi connectivity index (χ0n) is 15.0. The SMILES string of the molecule is Cc1cc(C(=O)N2CCC3(CC2)CNS(=O)(=O)c2ccccc2OC3)no1. The van der Waals surface area contributed by atoms with Crippen LogP contribution in [0, 0.1) is 12.3 Å². The molecule has 0 aliphatic carbocycles. The second-order valence-corrected chi connectivity index (χ2v) is 8.91. The van der Waals surface area contributed by atoms with E-state index in [9.17, 15) is 13.2 Å². The maximum Gasteiger partial charge on any atom is 0.276 e. The van der Waals surface area contributed by atoms with Crippen molar-refractivity contribution in [1.82, 2.24) is 14.8 Å². The number of carbonyl (C=O) groups excluding carboxylic acids is 1. The lowest BCUT2D eigenvalue weighted by Crippen LogP contribution is -2.51. The van der Waals surface area contributed by atoms with Crippen LogP contribution in [0.2, 0.25) is 0 Å². The quantitative estimate of drug-likeness (QED) is 0.792. The molecule has 1 fully saturated rings. The number of para-hydroxylation sites is 1. The number of likely N-dealkylation sites (tertiary alicyclic amines) is 1. The van der Waals surface area contributed by atoms with E-state index in [2.05, 4.69) is 9.88 Å². The van der Waals surface area contributed by atoms with E-state index in [1.807, 2.05) is 0 Å². The van der Waals surface area contributed by atoms with Crippen molar-refractivity contribution in [3.63, 3.8) is 0 Å². The number of aromatic nitrogens is 1. The van der Waals surface area contributed by atoms with Gasteiger partial charge in [-0.25, -0.2) is 13.1 Å². The Balaban J connectivity index is 1.49. The van der Waals surface area contributed by atoms with Gasteiger partial charge in [0.15, 0.2) is 5.69 Å². The van der Waals surface area contributed by atoms with Crippen LogP contribution in [0.5, 0.6) is 5.75 Å². The summed E-state index contributed by atoms with van der Waals surface area (Å²) in [5.74, 6) is 0.786. The molecular formula is C18H21N3O5S. The van der Waals surface area contributed by atoms with Crippen molar-refractivity contribution in [2.45, 2.75) is 24.7 Å². The minimum atomic E-state index is -3.63. The number of nitrogens with one attached hydrogen (secondary N) is 1. The first-order chi connectivity index (χ1) is 12.9. The molecule has 0 unspecified atom stereocenters. The van der Waals surface area contributed by atoms with Crippen molar-refractivity contribution in [1.29, 1.82) is 0 Å². The molecule has 1 aromatic carbocycles. The fourth-order valence-electron chi connectivity index (χ4n) is 3.53. The number of hydrogen-bond acceptors (Lipinski definition) is 6. The first-order valence-electron chi connectivity index (χ1n) is 8.83. The van der Waals surface area contributed by atoms with Crippen LogP contribution in [0.4, 0.5) is 0 Å². The van der Waals surface area contributed by atoms with E-state index < -0.39 is 10.0 Å². The normalized spacial score (nSPS) is 21.0. The Morgan fingerprint density at radius 2 is 2.00 bits per heavy atom. The van der Waals surface area contributed by atoms with Gasteiger partial charge >= 0.3 is 0 Å². The number of fused-ring (bicyclic) bond motifs is 1. The van der Waals surface area contributed by atoms with Crippen molar-refractivity contribution in [3.05, 3.63) is 41.8 Å². The van der Waals surface area contributed by atoms with Gasteiger partial charge in [0.25, 0.3) is 5.91 Å². The number of sulfonamides is 1. The number of nitrogens with zero attached hydrogens (tertiary/aromatic N) is 2. The average Bonchev–Trinajstić information content (AvgIpc) is 3.11. The zero-order chi connectivity index (χ0) is 19.1. The van der Waals surface area contributed by atoms with Gasteiger partial charge in [0.1, 0.15) is 16.4 Å². The van der Waals surface area contributed by atoms with Crippen molar-refractivity contribution in [2.75, 3.05) is 26.2 Å². The molecule has 0 atom stereocenters. The van der Waals surface area contributed by atoms with E-state index in [0.29, 0.717) is 49.7 Å². The first kappa shape index (κ1) is 18.0. The lowest BCUT2D eigenvalue weighted by Gasteiger charge is -2.42. The van der Waals surface area contributed by atoms with Crippen molar-refractivity contribution in [3.8, 4) is 5.75 Å². The Kier molecular flexibility index (Phi) is 4.43. The maximum absolute atomic E-state index is 12.6. The summed E-state index contributed by atoms with van der Waals surface area (Å²) >= 11 is 0. The van der Waals surface area contributed by atoms with E-state index in [-0.39, 0.29) is 22.8 Å². The Bertz CT molecular complexity index is 961. The summed E-state index contributed by atoms with van der Waals surface area (Å²) in [6, 6.07) is 8.25. The van der Waals surface area contributed by atoms with Gasteiger partial charge in [0, 0.05) is 31.1 Å². The summed E-state index contributed by atoms with van der Waals surface area (Å²) in [7, 11) is -3.63. The molecule has 9 heteroatoms. The molecule has 1 spiro atoms. The third-order valence-electron chi connectivity index (χ3n) is 5.27. The molecule has 1 amide bonds. The molecule has 3 heterocycles. The largest absolute Gasteiger partial charge is 0.492 e. The fourth-order valence-corrected chi connectivity index (χ4v) is 4.83. The van der Waals surface area contributed by atoms with Gasteiger partial charge in [-0.15, -0.1) is 0 Å². The van der Waals surface area contributed by atoms with Crippen LogP contribution in [0.3, 0.4) is 0 Å². The van der Waals surface area contributed by atoms with E-state index in [1.54, 1.807) is 36.1 Å². The molecular weight excluding hydrogens is 370 g/mol. The average molecular weight is 391 g/mol. The lowest BCUT2D eigenvalue weighted by atomic mass is 9.79. The molecule has 8 nitrogen and oxygen atoms in total. The van der Waals surface area contributed by atoms with E-state index >= 15 is 0 Å². The number of piperidine rings is 1. The minimum Gasteiger partial charge on any atom is -0.492 e. The number of carbonyl (C=O) groups is 1. The van der Waals surface area contributed by atoms with Gasteiger partial charge in [0.05, 0.1) is 6.61 Å². The zero-order valence-corrected chi connectivity index (χ0v) is 15.8. The highest BCUT2D eigenvalue weighted by Crippen LogP contribution is 2.36. The summed E-state index contributed by atoms with van der Waals surface area (Å²) in [6.45, 7) is 3.45. The third-order valence-corrected chi connectivity index (χ3v) is 6.71. The Labute approximate surface area is 157 Å². The number of rotatable bonds is 1. The summed E-state index contributed by atoms with van der Waals surface area (Å²) in [5.41, 5.74) is -0.0519. The Morgan fingerprint density at radius 1 is 1.26 bits per heavy atom. The minimum absolute atomic E-state index is 0.161. The lowest BCUT2D eigenvalue weighted by molar-refractivity contribution is 0.0414. The number of amides is 1. The summed E-state index contributed by atoms with van der Waals surface area (Å²) in [6.07, 6.45) is 1.28. The predicted molar refractivity (Wildman–Crippen MR) is 95.9 cm³/mol. The fraction of sp³-hybridized carbons (Fsp3) is 0.444. The van der Waals surface area contributed by atoms with Crippen molar-refractivity contribution in [2.24, 2.45) is 5.41 Å². The maximum atomic E-state index is 12.6. The highest BCUT2D eigenvalue weighted by molar-refractivity contribution is 7.89. The van der Waals surface area contributed by atoms with Crippen molar-refractivity contribution >= 4 is 15.9 Å². The smallest absolute Gasteiger partial charge is 0.276 e. The molecule has 0 bridgehead atoms.